The van der Waals surface area contributed by atoms with Gasteiger partial charge in [-0.05, 0) is 0 Å². The van der Waals surface area contributed by atoms with Crippen LogP contribution in [0.3, 0.4) is 0 Å². The Morgan fingerprint density at radius 1 is 1.25 bits per heavy atom. The number of aliphatic imine (C=N–C) groups is 1. The molecule has 0 aromatic carbocycles. The van der Waals surface area contributed by atoms with Gasteiger partial charge in [-0.1, -0.05) is 0 Å². The molecule has 0 saturated carbocycles. The minimum Gasteiger partial charge on any atom is -0.361 e. The van der Waals surface area contributed by atoms with Gasteiger partial charge in [0.05, 0.1) is 0 Å². The first-order chi connectivity index (χ1) is 5.79. The van der Waals surface area contributed by atoms with E-state index in [0.29, 0.717) is 5.82 Å². The van der Waals surface area contributed by atoms with Crippen molar-refractivity contribution >= 4 is 23.7 Å². The van der Waals surface area contributed by atoms with Crippen LogP contribution in [0.4, 0.5) is 17.3 Å². The Hall–Kier alpha value is -1.65. The molecule has 0 bridgehead atoms. The van der Waals surface area contributed by atoms with Gasteiger partial charge in [-0.3, -0.25) is 0 Å². The van der Waals surface area contributed by atoms with Crippen LogP contribution in [0.2, 0.25) is 0 Å². The summed E-state index contributed by atoms with van der Waals surface area (Å²) in [6.45, 7) is 0. The number of hydrogen-bond acceptors (Lipinski definition) is 4. The smallest absolute Gasteiger partial charge is 0.185 e. The standard InChI is InChI=1S/C7H8N5/c1-12(2)7-5-6(9-3-8-5)10-4-11-7/h3-4H,1-2H3. The SMILES string of the molecule is CN(C)c1ncnc2c1N=C[N]2. The van der Waals surface area contributed by atoms with Gasteiger partial charge in [0.1, 0.15) is 12.7 Å². The van der Waals surface area contributed by atoms with Crippen molar-refractivity contribution in [3.63, 3.8) is 0 Å². The van der Waals surface area contributed by atoms with Gasteiger partial charge < -0.3 is 4.90 Å². The predicted octanol–water partition coefficient (Wildman–Crippen LogP) is 0.452. The fraction of sp³-hybridized carbons (Fsp3) is 0.286. The quantitative estimate of drug-likeness (QED) is 0.602. The molecule has 0 atom stereocenters. The summed E-state index contributed by atoms with van der Waals surface area (Å²) in [6, 6.07) is 0. The summed E-state index contributed by atoms with van der Waals surface area (Å²) in [5, 5.41) is 3.97. The van der Waals surface area contributed by atoms with E-state index >= 15 is 0 Å². The maximum Gasteiger partial charge on any atom is 0.185 e. The second-order valence-corrected chi connectivity index (χ2v) is 2.64. The molecule has 61 valence electrons. The van der Waals surface area contributed by atoms with E-state index in [1.165, 1.54) is 12.7 Å². The summed E-state index contributed by atoms with van der Waals surface area (Å²) < 4.78 is 0. The highest BCUT2D eigenvalue weighted by atomic mass is 15.2. The maximum absolute atomic E-state index is 4.09. The van der Waals surface area contributed by atoms with Crippen molar-refractivity contribution in [3.05, 3.63) is 6.33 Å². The summed E-state index contributed by atoms with van der Waals surface area (Å²) in [4.78, 5) is 14.0. The van der Waals surface area contributed by atoms with E-state index in [-0.39, 0.29) is 0 Å². The first-order valence-corrected chi connectivity index (χ1v) is 3.55. The van der Waals surface area contributed by atoms with E-state index in [0.717, 1.165) is 11.5 Å². The average molecular weight is 162 g/mol. The Morgan fingerprint density at radius 3 is 2.83 bits per heavy atom. The number of anilines is 1. The molecule has 1 radical (unpaired) electrons. The summed E-state index contributed by atoms with van der Waals surface area (Å²) in [5.74, 6) is 1.45. The minimum absolute atomic E-state index is 0.647. The molecule has 5 heteroatoms. The van der Waals surface area contributed by atoms with Gasteiger partial charge in [0.25, 0.3) is 0 Å². The third-order valence-electron chi connectivity index (χ3n) is 1.57. The zero-order chi connectivity index (χ0) is 8.55. The molecular formula is C7H8N5. The summed E-state index contributed by atoms with van der Waals surface area (Å²) >= 11 is 0. The molecule has 1 aliphatic rings. The molecule has 2 heterocycles. The lowest BCUT2D eigenvalue weighted by atomic mass is 10.4. The molecule has 2 rings (SSSR count). The van der Waals surface area contributed by atoms with Crippen LogP contribution in [-0.2, 0) is 0 Å². The molecule has 5 nitrogen and oxygen atoms in total. The fourth-order valence-electron chi connectivity index (χ4n) is 1.04. The van der Waals surface area contributed by atoms with Crippen LogP contribution in [0, 0.1) is 0 Å². The highest BCUT2D eigenvalue weighted by Gasteiger charge is 2.15. The lowest BCUT2D eigenvalue weighted by Crippen LogP contribution is -2.10. The molecule has 0 amide bonds. The first-order valence-electron chi connectivity index (χ1n) is 3.55. The molecule has 0 fully saturated rings. The molecule has 1 aliphatic heterocycles. The van der Waals surface area contributed by atoms with Crippen molar-refractivity contribution in [2.75, 3.05) is 19.0 Å². The number of fused-ring (bicyclic) bond motifs is 1. The number of nitrogens with zero attached hydrogens (tertiary/aromatic N) is 5. The molecule has 1 aromatic rings. The monoisotopic (exact) mass is 162 g/mol. The van der Waals surface area contributed by atoms with Crippen molar-refractivity contribution in [2.45, 2.75) is 0 Å². The number of rotatable bonds is 1. The number of aromatic nitrogens is 2. The molecule has 0 spiro atoms. The summed E-state index contributed by atoms with van der Waals surface area (Å²) in [7, 11) is 3.83. The van der Waals surface area contributed by atoms with Gasteiger partial charge in [-0.2, -0.15) is 0 Å². The summed E-state index contributed by atoms with van der Waals surface area (Å²) in [6.07, 6.45) is 2.98. The van der Waals surface area contributed by atoms with Crippen LogP contribution >= 0.6 is 0 Å². The molecule has 0 N–H and O–H groups in total. The summed E-state index contributed by atoms with van der Waals surface area (Å²) in [5.41, 5.74) is 0.752. The van der Waals surface area contributed by atoms with E-state index < -0.39 is 0 Å². The molecule has 1 aromatic heterocycles. The van der Waals surface area contributed by atoms with Crippen molar-refractivity contribution in [2.24, 2.45) is 4.99 Å². The third kappa shape index (κ3) is 0.903. The van der Waals surface area contributed by atoms with E-state index in [9.17, 15) is 0 Å². The van der Waals surface area contributed by atoms with E-state index in [1.807, 2.05) is 19.0 Å². The zero-order valence-corrected chi connectivity index (χ0v) is 6.89. The van der Waals surface area contributed by atoms with Crippen molar-refractivity contribution < 1.29 is 0 Å². The van der Waals surface area contributed by atoms with E-state index in [1.54, 1.807) is 0 Å². The third-order valence-corrected chi connectivity index (χ3v) is 1.57. The average Bonchev–Trinajstić information content (AvgIpc) is 2.49. The van der Waals surface area contributed by atoms with Gasteiger partial charge in [0.2, 0.25) is 0 Å². The van der Waals surface area contributed by atoms with Gasteiger partial charge >= 0.3 is 0 Å². The lowest BCUT2D eigenvalue weighted by molar-refractivity contribution is 1.03. The minimum atomic E-state index is 0.647. The van der Waals surface area contributed by atoms with E-state index in [4.69, 9.17) is 0 Å². The number of hydrogen-bond donors (Lipinski definition) is 0. The maximum atomic E-state index is 4.09. The van der Waals surface area contributed by atoms with Crippen molar-refractivity contribution in [1.29, 1.82) is 0 Å². The Bertz CT molecular complexity index is 331. The van der Waals surface area contributed by atoms with Crippen LogP contribution in [0.25, 0.3) is 0 Å². The van der Waals surface area contributed by atoms with Crippen LogP contribution in [0.5, 0.6) is 0 Å². The van der Waals surface area contributed by atoms with Gasteiger partial charge in [-0.15, -0.1) is 0 Å². The normalized spacial score (nSPS) is 12.5. The Kier molecular flexibility index (Phi) is 1.43. The highest BCUT2D eigenvalue weighted by Crippen LogP contribution is 2.33. The van der Waals surface area contributed by atoms with Gasteiger partial charge in [-0.25, -0.2) is 20.3 Å². The lowest BCUT2D eigenvalue weighted by Gasteiger charge is -2.11. The van der Waals surface area contributed by atoms with Crippen LogP contribution in [0.1, 0.15) is 0 Å². The molecular weight excluding hydrogens is 154 g/mol. The molecule has 0 saturated heterocycles. The topological polar surface area (TPSA) is 55.5 Å². The highest BCUT2D eigenvalue weighted by molar-refractivity contribution is 5.85. The largest absolute Gasteiger partial charge is 0.361 e. The Balaban J connectivity index is 2.56. The van der Waals surface area contributed by atoms with E-state index in [2.05, 4.69) is 20.3 Å². The van der Waals surface area contributed by atoms with Crippen molar-refractivity contribution in [1.82, 2.24) is 15.3 Å². The Labute approximate surface area is 70.2 Å². The Morgan fingerprint density at radius 2 is 2.08 bits per heavy atom. The fourth-order valence-corrected chi connectivity index (χ4v) is 1.04. The van der Waals surface area contributed by atoms with Crippen LogP contribution < -0.4 is 10.2 Å². The van der Waals surface area contributed by atoms with Gasteiger partial charge in [0.15, 0.2) is 17.3 Å². The predicted molar refractivity (Wildman–Crippen MR) is 46.3 cm³/mol. The second-order valence-electron chi connectivity index (χ2n) is 2.64. The first kappa shape index (κ1) is 7.02. The van der Waals surface area contributed by atoms with Gasteiger partial charge in [0, 0.05) is 14.1 Å². The van der Waals surface area contributed by atoms with Crippen LogP contribution in [-0.4, -0.2) is 30.4 Å². The van der Waals surface area contributed by atoms with Crippen molar-refractivity contribution in [3.8, 4) is 0 Å². The molecule has 12 heavy (non-hydrogen) atoms. The van der Waals surface area contributed by atoms with Crippen LogP contribution in [0.15, 0.2) is 11.3 Å². The zero-order valence-electron chi connectivity index (χ0n) is 6.89. The molecule has 0 aliphatic carbocycles. The second kappa shape index (κ2) is 2.44. The molecule has 0 unspecified atom stereocenters.